The van der Waals surface area contributed by atoms with E-state index >= 15 is 0 Å². The lowest BCUT2D eigenvalue weighted by atomic mass is 10.0. The van der Waals surface area contributed by atoms with E-state index in [1.807, 2.05) is 24.0 Å². The first-order valence-electron chi connectivity index (χ1n) is 7.01. The molecule has 4 heteroatoms. The zero-order chi connectivity index (χ0) is 14.2. The molecular formula is C16H21N3O. The van der Waals surface area contributed by atoms with E-state index in [1.165, 1.54) is 11.1 Å². The van der Waals surface area contributed by atoms with Gasteiger partial charge in [0.2, 0.25) is 0 Å². The fraction of sp³-hybridized carbons (Fsp3) is 0.438. The summed E-state index contributed by atoms with van der Waals surface area (Å²) in [6.07, 6.45) is 4.77. The number of aryl methyl sites for hydroxylation is 1. The summed E-state index contributed by atoms with van der Waals surface area (Å²) >= 11 is 0. The molecule has 0 aliphatic carbocycles. The fourth-order valence-electron chi connectivity index (χ4n) is 2.66. The van der Waals surface area contributed by atoms with Crippen LogP contribution < -0.4 is 10.1 Å². The van der Waals surface area contributed by atoms with Gasteiger partial charge in [0.05, 0.1) is 6.54 Å². The van der Waals surface area contributed by atoms with Crippen molar-refractivity contribution >= 4 is 0 Å². The van der Waals surface area contributed by atoms with Crippen molar-refractivity contribution in [2.45, 2.75) is 39.0 Å². The van der Waals surface area contributed by atoms with E-state index < -0.39 is 0 Å². The van der Waals surface area contributed by atoms with Crippen molar-refractivity contribution in [3.05, 3.63) is 47.5 Å². The molecule has 0 fully saturated rings. The third kappa shape index (κ3) is 2.70. The number of benzene rings is 1. The second-order valence-electron chi connectivity index (χ2n) is 6.04. The predicted octanol–water partition coefficient (Wildman–Crippen LogP) is 2.42. The molecule has 0 atom stereocenters. The molecular weight excluding hydrogens is 250 g/mol. The van der Waals surface area contributed by atoms with Crippen LogP contribution in [0.1, 0.15) is 30.8 Å². The third-order valence-corrected chi connectivity index (χ3v) is 3.66. The van der Waals surface area contributed by atoms with Gasteiger partial charge >= 0.3 is 0 Å². The molecule has 0 bridgehead atoms. The maximum Gasteiger partial charge on any atom is 0.123 e. The van der Waals surface area contributed by atoms with Gasteiger partial charge in [0.1, 0.15) is 17.2 Å². The number of hydrogen-bond donors (Lipinski definition) is 1. The SMILES string of the molecule is Cn1ccnc1CNCc1ccc2c(c1)CC(C)(C)O2. The number of nitrogens with zero attached hydrogens (tertiary/aromatic N) is 2. The molecule has 0 radical (unpaired) electrons. The summed E-state index contributed by atoms with van der Waals surface area (Å²) in [5.41, 5.74) is 2.53. The maximum absolute atomic E-state index is 5.89. The van der Waals surface area contributed by atoms with Crippen LogP contribution >= 0.6 is 0 Å². The van der Waals surface area contributed by atoms with E-state index in [0.717, 1.165) is 31.1 Å². The minimum absolute atomic E-state index is 0.0681. The average molecular weight is 271 g/mol. The Balaban J connectivity index is 1.61. The van der Waals surface area contributed by atoms with Crippen LogP contribution in [-0.4, -0.2) is 15.2 Å². The summed E-state index contributed by atoms with van der Waals surface area (Å²) in [6, 6.07) is 6.46. The Hall–Kier alpha value is -1.81. The van der Waals surface area contributed by atoms with Gasteiger partial charge in [0.15, 0.2) is 0 Å². The molecule has 3 rings (SSSR count). The largest absolute Gasteiger partial charge is 0.487 e. The Morgan fingerprint density at radius 1 is 1.35 bits per heavy atom. The summed E-state index contributed by atoms with van der Waals surface area (Å²) in [5, 5.41) is 3.43. The van der Waals surface area contributed by atoms with E-state index in [1.54, 1.807) is 0 Å². The first-order valence-corrected chi connectivity index (χ1v) is 7.01. The summed E-state index contributed by atoms with van der Waals surface area (Å²) in [6.45, 7) is 5.89. The van der Waals surface area contributed by atoms with Crippen LogP contribution in [-0.2, 0) is 26.6 Å². The number of hydrogen-bond acceptors (Lipinski definition) is 3. The number of aromatic nitrogens is 2. The Kier molecular flexibility index (Phi) is 3.26. The normalized spacial score (nSPS) is 15.9. The average Bonchev–Trinajstić information content (AvgIpc) is 2.91. The van der Waals surface area contributed by atoms with Crippen LogP contribution in [0.3, 0.4) is 0 Å². The lowest BCUT2D eigenvalue weighted by Gasteiger charge is -2.16. The monoisotopic (exact) mass is 271 g/mol. The molecule has 1 aromatic heterocycles. The van der Waals surface area contributed by atoms with Gasteiger partial charge in [-0.1, -0.05) is 12.1 Å². The highest BCUT2D eigenvalue weighted by Crippen LogP contribution is 2.35. The van der Waals surface area contributed by atoms with Crippen LogP contribution in [0.2, 0.25) is 0 Å². The minimum atomic E-state index is -0.0681. The third-order valence-electron chi connectivity index (χ3n) is 3.66. The van der Waals surface area contributed by atoms with Gasteiger partial charge in [-0.2, -0.15) is 0 Å². The summed E-state index contributed by atoms with van der Waals surface area (Å²) in [7, 11) is 2.01. The first kappa shape index (κ1) is 13.2. The highest BCUT2D eigenvalue weighted by molar-refractivity contribution is 5.41. The van der Waals surface area contributed by atoms with Crippen molar-refractivity contribution in [2.24, 2.45) is 7.05 Å². The molecule has 1 aromatic carbocycles. The van der Waals surface area contributed by atoms with Gasteiger partial charge in [0, 0.05) is 32.4 Å². The summed E-state index contributed by atoms with van der Waals surface area (Å²) in [5.74, 6) is 2.08. The number of fused-ring (bicyclic) bond motifs is 1. The number of imidazole rings is 1. The minimum Gasteiger partial charge on any atom is -0.487 e. The van der Waals surface area contributed by atoms with E-state index in [4.69, 9.17) is 4.74 Å². The highest BCUT2D eigenvalue weighted by Gasteiger charge is 2.29. The molecule has 0 amide bonds. The zero-order valence-corrected chi connectivity index (χ0v) is 12.3. The molecule has 4 nitrogen and oxygen atoms in total. The van der Waals surface area contributed by atoms with E-state index in [0.29, 0.717) is 0 Å². The highest BCUT2D eigenvalue weighted by atomic mass is 16.5. The molecule has 0 saturated heterocycles. The summed E-state index contributed by atoms with van der Waals surface area (Å²) in [4.78, 5) is 4.30. The number of rotatable bonds is 4. The standard InChI is InChI=1S/C16H21N3O/c1-16(2)9-13-8-12(4-5-14(13)20-16)10-17-11-15-18-6-7-19(15)3/h4-8,17H,9-11H2,1-3H3. The van der Waals surface area contributed by atoms with Gasteiger partial charge in [-0.25, -0.2) is 4.98 Å². The van der Waals surface area contributed by atoms with Gasteiger partial charge < -0.3 is 14.6 Å². The molecule has 0 unspecified atom stereocenters. The molecule has 20 heavy (non-hydrogen) atoms. The topological polar surface area (TPSA) is 39.1 Å². The Labute approximate surface area is 119 Å². The lowest BCUT2D eigenvalue weighted by molar-refractivity contribution is 0.138. The fourth-order valence-corrected chi connectivity index (χ4v) is 2.66. The Morgan fingerprint density at radius 3 is 2.95 bits per heavy atom. The van der Waals surface area contributed by atoms with Crippen molar-refractivity contribution in [3.8, 4) is 5.75 Å². The molecule has 2 heterocycles. The van der Waals surface area contributed by atoms with Crippen molar-refractivity contribution in [2.75, 3.05) is 0 Å². The van der Waals surface area contributed by atoms with Gasteiger partial charge in [-0.3, -0.25) is 0 Å². The van der Waals surface area contributed by atoms with Crippen molar-refractivity contribution in [1.82, 2.24) is 14.9 Å². The smallest absolute Gasteiger partial charge is 0.123 e. The van der Waals surface area contributed by atoms with Gasteiger partial charge in [-0.05, 0) is 31.0 Å². The van der Waals surface area contributed by atoms with Crippen molar-refractivity contribution in [1.29, 1.82) is 0 Å². The Bertz CT molecular complexity index is 616. The van der Waals surface area contributed by atoms with Crippen molar-refractivity contribution in [3.63, 3.8) is 0 Å². The van der Waals surface area contributed by atoms with E-state index in [2.05, 4.69) is 42.3 Å². The zero-order valence-electron chi connectivity index (χ0n) is 12.3. The quantitative estimate of drug-likeness (QED) is 0.928. The molecule has 1 N–H and O–H groups in total. The second kappa shape index (κ2) is 4.94. The molecule has 2 aromatic rings. The van der Waals surface area contributed by atoms with Gasteiger partial charge in [0.25, 0.3) is 0 Å². The maximum atomic E-state index is 5.89. The Morgan fingerprint density at radius 2 is 2.20 bits per heavy atom. The van der Waals surface area contributed by atoms with Crippen molar-refractivity contribution < 1.29 is 4.74 Å². The first-order chi connectivity index (χ1) is 9.53. The predicted molar refractivity (Wildman–Crippen MR) is 78.6 cm³/mol. The van der Waals surface area contributed by atoms with Crippen LogP contribution in [0, 0.1) is 0 Å². The summed E-state index contributed by atoms with van der Waals surface area (Å²) < 4.78 is 7.93. The van der Waals surface area contributed by atoms with E-state index in [9.17, 15) is 0 Å². The van der Waals surface area contributed by atoms with Crippen LogP contribution in [0.4, 0.5) is 0 Å². The van der Waals surface area contributed by atoms with E-state index in [-0.39, 0.29) is 5.60 Å². The molecule has 106 valence electrons. The lowest BCUT2D eigenvalue weighted by Crippen LogP contribution is -2.24. The molecule has 0 saturated carbocycles. The molecule has 1 aliphatic rings. The second-order valence-corrected chi connectivity index (χ2v) is 6.04. The van der Waals surface area contributed by atoms with Crippen LogP contribution in [0.5, 0.6) is 5.75 Å². The number of nitrogens with one attached hydrogen (secondary N) is 1. The van der Waals surface area contributed by atoms with Crippen LogP contribution in [0.15, 0.2) is 30.6 Å². The van der Waals surface area contributed by atoms with Crippen LogP contribution in [0.25, 0.3) is 0 Å². The molecule has 0 spiro atoms. The molecule has 1 aliphatic heterocycles. The number of ether oxygens (including phenoxy) is 1. The van der Waals surface area contributed by atoms with Gasteiger partial charge in [-0.15, -0.1) is 0 Å².